The van der Waals surface area contributed by atoms with E-state index in [9.17, 15) is 14.9 Å². The van der Waals surface area contributed by atoms with Gasteiger partial charge in [0.15, 0.2) is 0 Å². The Morgan fingerprint density at radius 3 is 2.79 bits per heavy atom. The predicted molar refractivity (Wildman–Crippen MR) is 68.5 cm³/mol. The molecular weight excluding hydrogens is 250 g/mol. The van der Waals surface area contributed by atoms with E-state index >= 15 is 0 Å². The molecule has 0 amide bonds. The molecule has 0 unspecified atom stereocenters. The Morgan fingerprint density at radius 2 is 2.21 bits per heavy atom. The first-order valence-electron chi connectivity index (χ1n) is 5.36. The number of rotatable bonds is 4. The summed E-state index contributed by atoms with van der Waals surface area (Å²) in [7, 11) is 0. The first-order chi connectivity index (χ1) is 9.10. The van der Waals surface area contributed by atoms with Crippen LogP contribution in [0.3, 0.4) is 0 Å². The number of anilines is 1. The second kappa shape index (κ2) is 5.27. The summed E-state index contributed by atoms with van der Waals surface area (Å²) in [6.07, 6.45) is 4.29. The van der Waals surface area contributed by atoms with E-state index in [-0.39, 0.29) is 0 Å². The van der Waals surface area contributed by atoms with Crippen molar-refractivity contribution >= 4 is 11.5 Å². The van der Waals surface area contributed by atoms with Crippen LogP contribution in [0.2, 0.25) is 0 Å². The van der Waals surface area contributed by atoms with Crippen molar-refractivity contribution in [1.29, 1.82) is 0 Å². The Bertz CT molecular complexity index is 650. The smallest absolute Gasteiger partial charge is 0.332 e. The van der Waals surface area contributed by atoms with Crippen molar-refractivity contribution in [3.63, 3.8) is 0 Å². The Hall–Kier alpha value is -2.74. The molecule has 0 aliphatic heterocycles. The highest BCUT2D eigenvalue weighted by Crippen LogP contribution is 2.08. The summed E-state index contributed by atoms with van der Waals surface area (Å²) in [5.74, 6) is 5.72. The van der Waals surface area contributed by atoms with Crippen molar-refractivity contribution in [1.82, 2.24) is 9.55 Å². The fourth-order valence-electron chi connectivity index (χ4n) is 1.56. The molecule has 0 aromatic carbocycles. The van der Waals surface area contributed by atoms with Crippen molar-refractivity contribution in [2.24, 2.45) is 5.84 Å². The normalized spacial score (nSPS) is 10.2. The number of nitro groups is 1. The molecule has 0 bridgehead atoms. The largest absolute Gasteiger partial charge is 0.344 e. The maximum absolute atomic E-state index is 11.3. The topological polar surface area (TPSA) is 116 Å². The average Bonchev–Trinajstić information content (AvgIpc) is 2.41. The van der Waals surface area contributed by atoms with Crippen LogP contribution < -0.4 is 16.7 Å². The molecule has 98 valence electrons. The molecule has 0 aliphatic carbocycles. The molecule has 0 saturated heterocycles. The summed E-state index contributed by atoms with van der Waals surface area (Å²) in [4.78, 5) is 25.3. The van der Waals surface area contributed by atoms with Crippen molar-refractivity contribution in [2.75, 3.05) is 5.43 Å². The van der Waals surface area contributed by atoms with Gasteiger partial charge < -0.3 is 9.99 Å². The van der Waals surface area contributed by atoms with Crippen LogP contribution in [0.1, 0.15) is 5.56 Å². The molecule has 0 spiro atoms. The minimum Gasteiger partial charge on any atom is -0.344 e. The lowest BCUT2D eigenvalue weighted by molar-refractivity contribution is -0.386. The van der Waals surface area contributed by atoms with Crippen LogP contribution in [-0.4, -0.2) is 14.5 Å². The zero-order valence-corrected chi connectivity index (χ0v) is 9.81. The van der Waals surface area contributed by atoms with Gasteiger partial charge in [-0.2, -0.15) is 0 Å². The molecule has 3 N–H and O–H groups in total. The number of hydrogen-bond acceptors (Lipinski definition) is 6. The SMILES string of the molecule is NNc1ccc(Cn2ccc(=O)c([N+](=O)[O-])c2)cn1. The Kier molecular flexibility index (Phi) is 3.53. The summed E-state index contributed by atoms with van der Waals surface area (Å²) in [5, 5.41) is 10.7. The maximum atomic E-state index is 11.3. The van der Waals surface area contributed by atoms with Crippen molar-refractivity contribution in [2.45, 2.75) is 6.54 Å². The summed E-state index contributed by atoms with van der Waals surface area (Å²) in [6, 6.07) is 4.64. The van der Waals surface area contributed by atoms with Crippen LogP contribution in [0, 0.1) is 10.1 Å². The second-order valence-electron chi connectivity index (χ2n) is 3.82. The van der Waals surface area contributed by atoms with Crippen molar-refractivity contribution < 1.29 is 4.92 Å². The lowest BCUT2D eigenvalue weighted by Crippen LogP contribution is -2.12. The van der Waals surface area contributed by atoms with Gasteiger partial charge in [0.05, 0.1) is 11.1 Å². The fraction of sp³-hybridized carbons (Fsp3) is 0.0909. The molecule has 0 saturated carbocycles. The minimum absolute atomic E-state index is 0.374. The first-order valence-corrected chi connectivity index (χ1v) is 5.36. The summed E-state index contributed by atoms with van der Waals surface area (Å²) in [6.45, 7) is 0.374. The molecular formula is C11H11N5O3. The summed E-state index contributed by atoms with van der Waals surface area (Å²) < 4.78 is 1.55. The van der Waals surface area contributed by atoms with Crippen LogP contribution in [-0.2, 0) is 6.54 Å². The Labute approximate surface area is 107 Å². The fourth-order valence-corrected chi connectivity index (χ4v) is 1.56. The van der Waals surface area contributed by atoms with Gasteiger partial charge in [-0.1, -0.05) is 6.07 Å². The van der Waals surface area contributed by atoms with Gasteiger partial charge in [0.1, 0.15) is 5.82 Å². The number of aromatic nitrogens is 2. The van der Waals surface area contributed by atoms with E-state index in [0.29, 0.717) is 12.4 Å². The third kappa shape index (κ3) is 2.93. The summed E-state index contributed by atoms with van der Waals surface area (Å²) >= 11 is 0. The Balaban J connectivity index is 2.25. The van der Waals surface area contributed by atoms with Gasteiger partial charge in [-0.05, 0) is 11.6 Å². The molecule has 2 heterocycles. The number of pyridine rings is 2. The molecule has 0 radical (unpaired) electrons. The van der Waals surface area contributed by atoms with E-state index in [1.807, 2.05) is 0 Å². The number of nitrogens with zero attached hydrogens (tertiary/aromatic N) is 3. The monoisotopic (exact) mass is 261 g/mol. The number of nitrogens with two attached hydrogens (primary N) is 1. The third-order valence-electron chi connectivity index (χ3n) is 2.49. The molecule has 19 heavy (non-hydrogen) atoms. The zero-order chi connectivity index (χ0) is 13.8. The molecule has 0 atom stereocenters. The predicted octanol–water partition coefficient (Wildman–Crippen LogP) is 0.485. The third-order valence-corrected chi connectivity index (χ3v) is 2.49. The van der Waals surface area contributed by atoms with Gasteiger partial charge in [-0.3, -0.25) is 14.9 Å². The summed E-state index contributed by atoms with van der Waals surface area (Å²) in [5.41, 5.74) is 2.17. The van der Waals surface area contributed by atoms with Gasteiger partial charge in [0.2, 0.25) is 0 Å². The second-order valence-corrected chi connectivity index (χ2v) is 3.82. The van der Waals surface area contributed by atoms with Gasteiger partial charge in [-0.25, -0.2) is 10.8 Å². The lowest BCUT2D eigenvalue weighted by Gasteiger charge is -2.06. The average molecular weight is 261 g/mol. The standard InChI is InChI=1S/C11H11N5O3/c12-14-11-2-1-8(5-13-11)6-15-4-3-10(17)9(7-15)16(18)19/h1-5,7H,6,12H2,(H,13,14). The highest BCUT2D eigenvalue weighted by Gasteiger charge is 2.11. The van der Waals surface area contributed by atoms with Crippen molar-refractivity contribution in [3.05, 3.63) is 62.7 Å². The van der Waals surface area contributed by atoms with Gasteiger partial charge >= 0.3 is 5.69 Å². The van der Waals surface area contributed by atoms with E-state index in [0.717, 1.165) is 5.56 Å². The van der Waals surface area contributed by atoms with Crippen LogP contribution >= 0.6 is 0 Å². The number of nitrogen functional groups attached to an aromatic ring is 1. The number of nitrogens with one attached hydrogen (secondary N) is 1. The van der Waals surface area contributed by atoms with E-state index in [1.54, 1.807) is 22.9 Å². The van der Waals surface area contributed by atoms with E-state index in [2.05, 4.69) is 10.4 Å². The van der Waals surface area contributed by atoms with Crippen molar-refractivity contribution in [3.8, 4) is 0 Å². The van der Waals surface area contributed by atoms with Gasteiger partial charge in [0, 0.05) is 25.0 Å². The zero-order valence-electron chi connectivity index (χ0n) is 9.81. The number of hydrazine groups is 1. The molecule has 8 heteroatoms. The maximum Gasteiger partial charge on any atom is 0.332 e. The molecule has 8 nitrogen and oxygen atoms in total. The molecule has 0 aliphatic rings. The van der Waals surface area contributed by atoms with Crippen LogP contribution in [0.4, 0.5) is 11.5 Å². The lowest BCUT2D eigenvalue weighted by atomic mass is 10.2. The minimum atomic E-state index is -0.696. The van der Waals surface area contributed by atoms with Crippen LogP contribution in [0.25, 0.3) is 0 Å². The van der Waals surface area contributed by atoms with E-state index < -0.39 is 16.0 Å². The highest BCUT2D eigenvalue weighted by atomic mass is 16.6. The quantitative estimate of drug-likeness (QED) is 0.470. The molecule has 2 aromatic heterocycles. The van der Waals surface area contributed by atoms with Gasteiger partial charge in [-0.15, -0.1) is 0 Å². The van der Waals surface area contributed by atoms with E-state index in [4.69, 9.17) is 5.84 Å². The van der Waals surface area contributed by atoms with E-state index in [1.165, 1.54) is 18.5 Å². The highest BCUT2D eigenvalue weighted by molar-refractivity contribution is 5.34. The molecule has 2 aromatic rings. The van der Waals surface area contributed by atoms with Crippen LogP contribution in [0.5, 0.6) is 0 Å². The Morgan fingerprint density at radius 1 is 1.42 bits per heavy atom. The van der Waals surface area contributed by atoms with Crippen LogP contribution in [0.15, 0.2) is 41.6 Å². The number of hydrogen-bond donors (Lipinski definition) is 2. The van der Waals surface area contributed by atoms with Gasteiger partial charge in [0.25, 0.3) is 5.43 Å². The first kappa shape index (κ1) is 12.7. The molecule has 2 rings (SSSR count). The molecule has 0 fully saturated rings.